The number of amides is 3. The Kier molecular flexibility index (Phi) is 13.2. The van der Waals surface area contributed by atoms with Crippen molar-refractivity contribution in [2.75, 3.05) is 70.2 Å². The zero-order valence-corrected chi connectivity index (χ0v) is 30.2. The van der Waals surface area contributed by atoms with Crippen LogP contribution in [0.4, 0.5) is 24.5 Å². The number of unbranched alkanes of at least 4 members (excludes halogenated alkanes) is 1. The number of hydrogen-bond acceptors (Lipinski definition) is 7. The zero-order valence-electron chi connectivity index (χ0n) is 30.2. The van der Waals surface area contributed by atoms with Crippen LogP contribution in [0, 0.1) is 0 Å². The number of morpholine rings is 1. The highest BCUT2D eigenvalue weighted by atomic mass is 19.4. The van der Waals surface area contributed by atoms with Crippen molar-refractivity contribution in [1.29, 1.82) is 0 Å². The van der Waals surface area contributed by atoms with E-state index in [4.69, 9.17) is 4.74 Å². The van der Waals surface area contributed by atoms with Crippen LogP contribution in [-0.2, 0) is 17.5 Å². The van der Waals surface area contributed by atoms with Gasteiger partial charge in [-0.25, -0.2) is 0 Å². The fourth-order valence-corrected chi connectivity index (χ4v) is 5.90. The normalized spacial score (nSPS) is 13.3. The molecule has 0 aliphatic carbocycles. The lowest BCUT2D eigenvalue weighted by Gasteiger charge is -2.28. The van der Waals surface area contributed by atoms with Gasteiger partial charge in [0.15, 0.2) is 0 Å². The van der Waals surface area contributed by atoms with Crippen LogP contribution >= 0.6 is 0 Å². The maximum Gasteiger partial charge on any atom is 0.416 e. The van der Waals surface area contributed by atoms with Crippen LogP contribution in [0.25, 0.3) is 11.3 Å². The molecule has 5 rings (SSSR count). The molecule has 1 aromatic heterocycles. The van der Waals surface area contributed by atoms with E-state index in [9.17, 15) is 27.6 Å². The number of nitrogens with zero attached hydrogens (tertiary/aromatic N) is 4. The van der Waals surface area contributed by atoms with Crippen LogP contribution < -0.4 is 15.5 Å². The number of hydrogen-bond donors (Lipinski definition) is 2. The molecule has 2 N–H and O–H groups in total. The largest absolute Gasteiger partial charge is 0.416 e. The average Bonchev–Trinajstić information content (AvgIpc) is 3.18. The molecule has 3 amide bonds. The highest BCUT2D eigenvalue weighted by Gasteiger charge is 2.30. The van der Waals surface area contributed by atoms with Crippen molar-refractivity contribution in [3.63, 3.8) is 0 Å². The Labute approximate surface area is 307 Å². The fraction of sp³-hybridized carbons (Fsp3) is 0.350. The van der Waals surface area contributed by atoms with Gasteiger partial charge in [-0.15, -0.1) is 0 Å². The first-order chi connectivity index (χ1) is 25.4. The summed E-state index contributed by atoms with van der Waals surface area (Å²) in [6, 6.07) is 20.0. The number of benzene rings is 3. The molecule has 0 unspecified atom stereocenters. The lowest BCUT2D eigenvalue weighted by atomic mass is 10.0. The van der Waals surface area contributed by atoms with Crippen LogP contribution in [0.3, 0.4) is 0 Å². The molecule has 10 nitrogen and oxygen atoms in total. The van der Waals surface area contributed by atoms with Crippen molar-refractivity contribution < 1.29 is 32.3 Å². The molecular formula is C40H45F3N6O4. The predicted molar refractivity (Wildman–Crippen MR) is 199 cm³/mol. The number of nitrogens with one attached hydrogen (secondary N) is 2. The Morgan fingerprint density at radius 2 is 1.60 bits per heavy atom. The van der Waals surface area contributed by atoms with Crippen LogP contribution in [0.5, 0.6) is 0 Å². The van der Waals surface area contributed by atoms with Gasteiger partial charge in [0.1, 0.15) is 0 Å². The molecule has 0 spiro atoms. The van der Waals surface area contributed by atoms with Gasteiger partial charge in [0.05, 0.1) is 30.2 Å². The molecule has 0 saturated carbocycles. The van der Waals surface area contributed by atoms with Crippen LogP contribution in [0.15, 0.2) is 85.1 Å². The molecule has 1 saturated heterocycles. The molecule has 280 valence electrons. The predicted octanol–water partition coefficient (Wildman–Crippen LogP) is 6.59. The fourth-order valence-electron chi connectivity index (χ4n) is 5.90. The second-order valence-corrected chi connectivity index (χ2v) is 13.0. The van der Waals surface area contributed by atoms with Gasteiger partial charge in [0.25, 0.3) is 17.7 Å². The second kappa shape index (κ2) is 18.0. The molecule has 0 bridgehead atoms. The van der Waals surface area contributed by atoms with E-state index in [2.05, 4.69) is 32.3 Å². The van der Waals surface area contributed by atoms with Crippen molar-refractivity contribution in [3.8, 4) is 11.3 Å². The number of ether oxygens (including phenoxy) is 1. The molecule has 1 aliphatic heterocycles. The number of carbonyl (C=O) groups excluding carboxylic acids is 3. The third kappa shape index (κ3) is 10.6. The first-order valence-electron chi connectivity index (χ1n) is 17.7. The van der Waals surface area contributed by atoms with E-state index in [-0.39, 0.29) is 18.0 Å². The van der Waals surface area contributed by atoms with E-state index in [1.807, 2.05) is 19.2 Å². The maximum atomic E-state index is 13.7. The summed E-state index contributed by atoms with van der Waals surface area (Å²) in [5, 5.41) is 5.67. The topological polar surface area (TPSA) is 107 Å². The van der Waals surface area contributed by atoms with E-state index < -0.39 is 23.6 Å². The minimum Gasteiger partial charge on any atom is -0.379 e. The summed E-state index contributed by atoms with van der Waals surface area (Å²) in [5.41, 5.74) is 2.72. The highest BCUT2D eigenvalue weighted by Crippen LogP contribution is 2.33. The summed E-state index contributed by atoms with van der Waals surface area (Å²) in [6.45, 7) is 7.07. The molecule has 1 fully saturated rings. The zero-order chi connectivity index (χ0) is 38.0. The van der Waals surface area contributed by atoms with Gasteiger partial charge >= 0.3 is 6.18 Å². The quantitative estimate of drug-likeness (QED) is 0.151. The third-order valence-electron chi connectivity index (χ3n) is 9.12. The molecule has 13 heteroatoms. The van der Waals surface area contributed by atoms with E-state index >= 15 is 0 Å². The number of alkyl halides is 3. The SMILES string of the molecule is CCCCN(C)c1ccc(NC(=O)c2cccc(C(=O)N(C)CCN3CCOCC3)c2)c(-c2cc(C(=O)NCc3cccc(C(F)(F)F)c3)ccn2)c1. The van der Waals surface area contributed by atoms with Crippen molar-refractivity contribution in [1.82, 2.24) is 20.1 Å². The number of halogens is 3. The van der Waals surface area contributed by atoms with Crippen LogP contribution in [0.2, 0.25) is 0 Å². The summed E-state index contributed by atoms with van der Waals surface area (Å²) < 4.78 is 45.0. The molecule has 0 atom stereocenters. The molecule has 53 heavy (non-hydrogen) atoms. The summed E-state index contributed by atoms with van der Waals surface area (Å²) in [4.78, 5) is 50.7. The Bertz CT molecular complexity index is 1900. The van der Waals surface area contributed by atoms with Crippen molar-refractivity contribution in [2.45, 2.75) is 32.5 Å². The number of likely N-dealkylation sites (N-methyl/N-ethyl adjacent to an activating group) is 1. The molecule has 2 heterocycles. The van der Waals surface area contributed by atoms with E-state index in [0.29, 0.717) is 53.4 Å². The Balaban J connectivity index is 1.35. The van der Waals surface area contributed by atoms with Gasteiger partial charge in [0.2, 0.25) is 0 Å². The van der Waals surface area contributed by atoms with Crippen LogP contribution in [0.1, 0.15) is 62.0 Å². The van der Waals surface area contributed by atoms with Crippen molar-refractivity contribution >= 4 is 29.1 Å². The average molecular weight is 731 g/mol. The summed E-state index contributed by atoms with van der Waals surface area (Å²) in [5.74, 6) is -1.12. The lowest BCUT2D eigenvalue weighted by molar-refractivity contribution is -0.137. The maximum absolute atomic E-state index is 13.7. The first kappa shape index (κ1) is 38.9. The smallest absolute Gasteiger partial charge is 0.379 e. The first-order valence-corrected chi connectivity index (χ1v) is 17.7. The van der Waals surface area contributed by atoms with Crippen molar-refractivity contribution in [2.24, 2.45) is 0 Å². The second-order valence-electron chi connectivity index (χ2n) is 13.0. The van der Waals surface area contributed by atoms with Gasteiger partial charge in [-0.05, 0) is 72.6 Å². The van der Waals surface area contributed by atoms with E-state index in [1.54, 1.807) is 48.3 Å². The lowest BCUT2D eigenvalue weighted by Crippen LogP contribution is -2.41. The minimum absolute atomic E-state index is 0.106. The Morgan fingerprint density at radius 3 is 2.36 bits per heavy atom. The van der Waals surface area contributed by atoms with Crippen molar-refractivity contribution in [3.05, 3.63) is 113 Å². The standard InChI is InChI=1S/C40H45F3N6O4/c1-4-5-16-47(2)33-12-13-35(46-38(51)29-9-7-10-31(24-29)39(52)48(3)17-18-49-19-21-53-22-20-49)34(26-33)36-25-30(14-15-44-36)37(50)45-27-28-8-6-11-32(23-28)40(41,42)43/h6-15,23-26H,4-5,16-22,27H2,1-3H3,(H,45,50)(H,46,51). The Hall–Kier alpha value is -5.27. The molecule has 1 aliphatic rings. The third-order valence-corrected chi connectivity index (χ3v) is 9.12. The van der Waals surface area contributed by atoms with Gasteiger partial charge in [0, 0.05) is 87.5 Å². The van der Waals surface area contributed by atoms with Gasteiger partial charge in [-0.3, -0.25) is 24.3 Å². The van der Waals surface area contributed by atoms with Gasteiger partial charge in [-0.2, -0.15) is 13.2 Å². The van der Waals surface area contributed by atoms with Gasteiger partial charge in [-0.1, -0.05) is 31.5 Å². The number of anilines is 2. The number of pyridine rings is 1. The summed E-state index contributed by atoms with van der Waals surface area (Å²) in [6.07, 6.45) is -1.04. The molecule has 0 radical (unpaired) electrons. The number of carbonyl (C=O) groups is 3. The summed E-state index contributed by atoms with van der Waals surface area (Å²) >= 11 is 0. The monoisotopic (exact) mass is 730 g/mol. The molecule has 4 aromatic rings. The van der Waals surface area contributed by atoms with Gasteiger partial charge < -0.3 is 25.2 Å². The van der Waals surface area contributed by atoms with E-state index in [0.717, 1.165) is 56.8 Å². The molecule has 3 aromatic carbocycles. The highest BCUT2D eigenvalue weighted by molar-refractivity contribution is 6.08. The number of rotatable bonds is 14. The summed E-state index contributed by atoms with van der Waals surface area (Å²) in [7, 11) is 3.71. The Morgan fingerprint density at radius 1 is 0.868 bits per heavy atom. The van der Waals surface area contributed by atoms with E-state index in [1.165, 1.54) is 24.4 Å². The molecular weight excluding hydrogens is 685 g/mol. The van der Waals surface area contributed by atoms with Crippen LogP contribution in [-0.4, -0.2) is 92.5 Å². The number of aromatic nitrogens is 1. The minimum atomic E-state index is -4.49.